The molecule has 1 aromatic heterocycles. The van der Waals surface area contributed by atoms with Crippen LogP contribution in [-0.4, -0.2) is 18.0 Å². The second-order valence-electron chi connectivity index (χ2n) is 4.94. The van der Waals surface area contributed by atoms with Crippen molar-refractivity contribution in [3.8, 4) is 0 Å². The number of ether oxygens (including phenoxy) is 1. The lowest BCUT2D eigenvalue weighted by Gasteiger charge is -2.03. The molecule has 0 atom stereocenters. The summed E-state index contributed by atoms with van der Waals surface area (Å²) in [4.78, 5) is 16.6. The Bertz CT molecular complexity index is 603. The number of hydrogen-bond donors (Lipinski definition) is 1. The van der Waals surface area contributed by atoms with E-state index in [0.29, 0.717) is 23.2 Å². The van der Waals surface area contributed by atoms with Gasteiger partial charge in [-0.3, -0.25) is 10.1 Å². The van der Waals surface area contributed by atoms with Crippen molar-refractivity contribution in [2.45, 2.75) is 25.4 Å². The number of carbonyl (C=O) groups excluding carboxylic acids is 1. The van der Waals surface area contributed by atoms with E-state index in [2.05, 4.69) is 10.3 Å². The molecule has 1 fully saturated rings. The molecule has 4 nitrogen and oxygen atoms in total. The van der Waals surface area contributed by atoms with Crippen molar-refractivity contribution in [1.29, 1.82) is 0 Å². The van der Waals surface area contributed by atoms with E-state index in [9.17, 15) is 4.79 Å². The van der Waals surface area contributed by atoms with Gasteiger partial charge in [0.2, 0.25) is 0 Å². The van der Waals surface area contributed by atoms with Gasteiger partial charge < -0.3 is 4.74 Å². The molecule has 3 rings (SSSR count). The van der Waals surface area contributed by atoms with Crippen LogP contribution in [0.25, 0.3) is 0 Å². The minimum Gasteiger partial charge on any atom is -0.380 e. The minimum absolute atomic E-state index is 0.120. The third-order valence-electron chi connectivity index (χ3n) is 3.27. The normalized spacial score (nSPS) is 14.2. The Labute approximate surface area is 121 Å². The molecule has 0 bridgehead atoms. The van der Waals surface area contributed by atoms with Crippen molar-refractivity contribution in [3.63, 3.8) is 0 Å². The summed E-state index contributed by atoms with van der Waals surface area (Å²) >= 11 is 1.49. The molecule has 1 aliphatic carbocycles. The number of nitrogens with one attached hydrogen (secondary N) is 1. The van der Waals surface area contributed by atoms with E-state index < -0.39 is 0 Å². The summed E-state index contributed by atoms with van der Waals surface area (Å²) < 4.78 is 5.05. The summed E-state index contributed by atoms with van der Waals surface area (Å²) in [6.45, 7) is 0.555. The molecule has 1 amide bonds. The van der Waals surface area contributed by atoms with Gasteiger partial charge in [0.25, 0.3) is 5.91 Å². The lowest BCUT2D eigenvalue weighted by atomic mass is 10.1. The van der Waals surface area contributed by atoms with Gasteiger partial charge in [0.05, 0.1) is 12.3 Å². The van der Waals surface area contributed by atoms with Gasteiger partial charge in [0, 0.05) is 24.0 Å². The first-order valence-electron chi connectivity index (χ1n) is 6.61. The average Bonchev–Trinajstić information content (AvgIpc) is 3.21. The second kappa shape index (κ2) is 5.73. The van der Waals surface area contributed by atoms with E-state index in [1.54, 1.807) is 19.2 Å². The molecule has 0 spiro atoms. The maximum atomic E-state index is 12.1. The third-order valence-corrected chi connectivity index (χ3v) is 4.04. The Balaban J connectivity index is 1.65. The highest BCUT2D eigenvalue weighted by Gasteiger charge is 2.26. The average molecular weight is 288 g/mol. The molecular formula is C15H16N2O2S. The van der Waals surface area contributed by atoms with E-state index in [1.807, 2.05) is 17.5 Å². The maximum absolute atomic E-state index is 12.1. The number of thiazole rings is 1. The standard InChI is InChI=1S/C15H16N2O2S/c1-19-8-10-2-4-12(5-3-10)14(18)17-15-16-13(9-20-15)11-6-7-11/h2-5,9,11H,6-8H2,1H3,(H,16,17,18). The molecule has 1 N–H and O–H groups in total. The fourth-order valence-corrected chi connectivity index (χ4v) is 2.79. The molecule has 1 aromatic carbocycles. The summed E-state index contributed by atoms with van der Waals surface area (Å²) in [7, 11) is 1.65. The molecule has 5 heteroatoms. The smallest absolute Gasteiger partial charge is 0.257 e. The molecule has 0 radical (unpaired) electrons. The van der Waals surface area contributed by atoms with Crippen LogP contribution in [0.3, 0.4) is 0 Å². The Morgan fingerprint density at radius 2 is 2.15 bits per heavy atom. The van der Waals surface area contributed by atoms with E-state index in [4.69, 9.17) is 4.74 Å². The highest BCUT2D eigenvalue weighted by Crippen LogP contribution is 2.40. The Morgan fingerprint density at radius 1 is 1.40 bits per heavy atom. The zero-order valence-electron chi connectivity index (χ0n) is 11.3. The van der Waals surface area contributed by atoms with E-state index >= 15 is 0 Å². The van der Waals surface area contributed by atoms with Crippen LogP contribution in [0.4, 0.5) is 5.13 Å². The van der Waals surface area contributed by atoms with Crippen LogP contribution in [0.15, 0.2) is 29.6 Å². The van der Waals surface area contributed by atoms with Crippen LogP contribution in [0, 0.1) is 0 Å². The lowest BCUT2D eigenvalue weighted by molar-refractivity contribution is 0.102. The van der Waals surface area contributed by atoms with E-state index in [-0.39, 0.29) is 5.91 Å². The van der Waals surface area contributed by atoms with Crippen LogP contribution in [-0.2, 0) is 11.3 Å². The van der Waals surface area contributed by atoms with Gasteiger partial charge in [-0.1, -0.05) is 12.1 Å². The molecule has 1 saturated carbocycles. The van der Waals surface area contributed by atoms with Crippen LogP contribution in [0.5, 0.6) is 0 Å². The number of aromatic nitrogens is 1. The van der Waals surface area contributed by atoms with Crippen LogP contribution in [0.1, 0.15) is 40.4 Å². The zero-order valence-corrected chi connectivity index (χ0v) is 12.1. The molecule has 2 aromatic rings. The van der Waals surface area contributed by atoms with Crippen LogP contribution >= 0.6 is 11.3 Å². The van der Waals surface area contributed by atoms with Gasteiger partial charge in [-0.15, -0.1) is 11.3 Å². The number of methoxy groups -OCH3 is 1. The molecule has 104 valence electrons. The molecular weight excluding hydrogens is 272 g/mol. The van der Waals surface area contributed by atoms with Gasteiger partial charge in [-0.05, 0) is 30.5 Å². The first-order chi connectivity index (χ1) is 9.76. The van der Waals surface area contributed by atoms with Crippen molar-refractivity contribution in [2.24, 2.45) is 0 Å². The Morgan fingerprint density at radius 3 is 2.80 bits per heavy atom. The zero-order chi connectivity index (χ0) is 13.9. The van der Waals surface area contributed by atoms with Crippen LogP contribution in [0.2, 0.25) is 0 Å². The highest BCUT2D eigenvalue weighted by atomic mass is 32.1. The molecule has 20 heavy (non-hydrogen) atoms. The third kappa shape index (κ3) is 3.05. The minimum atomic E-state index is -0.120. The molecule has 1 heterocycles. The maximum Gasteiger partial charge on any atom is 0.257 e. The van der Waals surface area contributed by atoms with E-state index in [0.717, 1.165) is 11.3 Å². The monoisotopic (exact) mass is 288 g/mol. The molecule has 0 aliphatic heterocycles. The van der Waals surface area contributed by atoms with Gasteiger partial charge >= 0.3 is 0 Å². The molecule has 0 unspecified atom stereocenters. The number of nitrogens with zero attached hydrogens (tertiary/aromatic N) is 1. The second-order valence-corrected chi connectivity index (χ2v) is 5.79. The summed E-state index contributed by atoms with van der Waals surface area (Å²) in [5, 5.41) is 5.57. The fraction of sp³-hybridized carbons (Fsp3) is 0.333. The number of benzene rings is 1. The lowest BCUT2D eigenvalue weighted by Crippen LogP contribution is -2.11. The summed E-state index contributed by atoms with van der Waals surface area (Å²) in [5.74, 6) is 0.496. The van der Waals surface area contributed by atoms with Crippen molar-refractivity contribution in [3.05, 3.63) is 46.5 Å². The predicted molar refractivity (Wildman–Crippen MR) is 79.2 cm³/mol. The van der Waals surface area contributed by atoms with Crippen LogP contribution < -0.4 is 5.32 Å². The topological polar surface area (TPSA) is 51.2 Å². The number of carbonyl (C=O) groups is 1. The SMILES string of the molecule is COCc1ccc(C(=O)Nc2nc(C3CC3)cs2)cc1. The number of rotatable bonds is 5. The molecule has 1 aliphatic rings. The van der Waals surface area contributed by atoms with Crippen molar-refractivity contribution in [1.82, 2.24) is 4.98 Å². The van der Waals surface area contributed by atoms with E-state index in [1.165, 1.54) is 24.2 Å². The first kappa shape index (κ1) is 13.3. The summed E-state index contributed by atoms with van der Waals surface area (Å²) in [6, 6.07) is 7.41. The predicted octanol–water partition coefficient (Wildman–Crippen LogP) is 3.42. The first-order valence-corrected chi connectivity index (χ1v) is 7.49. The van der Waals surface area contributed by atoms with Gasteiger partial charge in [0.1, 0.15) is 0 Å². The largest absolute Gasteiger partial charge is 0.380 e. The summed E-state index contributed by atoms with van der Waals surface area (Å²) in [6.07, 6.45) is 2.44. The van der Waals surface area contributed by atoms with Gasteiger partial charge in [-0.25, -0.2) is 4.98 Å². The highest BCUT2D eigenvalue weighted by molar-refractivity contribution is 7.14. The number of hydrogen-bond acceptors (Lipinski definition) is 4. The quantitative estimate of drug-likeness (QED) is 0.917. The Hall–Kier alpha value is -1.72. The van der Waals surface area contributed by atoms with Crippen molar-refractivity contribution in [2.75, 3.05) is 12.4 Å². The fourth-order valence-electron chi connectivity index (χ4n) is 2.00. The van der Waals surface area contributed by atoms with Crippen molar-refractivity contribution < 1.29 is 9.53 Å². The number of amides is 1. The van der Waals surface area contributed by atoms with Gasteiger partial charge in [0.15, 0.2) is 5.13 Å². The molecule has 0 saturated heterocycles. The van der Waals surface area contributed by atoms with Crippen molar-refractivity contribution >= 4 is 22.4 Å². The summed E-state index contributed by atoms with van der Waals surface area (Å²) in [5.41, 5.74) is 2.79. The Kier molecular flexibility index (Phi) is 3.80. The van der Waals surface area contributed by atoms with Gasteiger partial charge in [-0.2, -0.15) is 0 Å². The number of anilines is 1.